The van der Waals surface area contributed by atoms with Gasteiger partial charge in [0.25, 0.3) is 0 Å². The van der Waals surface area contributed by atoms with Crippen molar-refractivity contribution in [1.82, 2.24) is 10.1 Å². The van der Waals surface area contributed by atoms with Gasteiger partial charge in [-0.1, -0.05) is 54.6 Å². The van der Waals surface area contributed by atoms with E-state index >= 15 is 0 Å². The van der Waals surface area contributed by atoms with Gasteiger partial charge < -0.3 is 4.52 Å². The molecule has 0 aliphatic carbocycles. The minimum atomic E-state index is 0.00588. The van der Waals surface area contributed by atoms with Crippen molar-refractivity contribution >= 4 is 38.3 Å². The Labute approximate surface area is 180 Å². The van der Waals surface area contributed by atoms with Crippen molar-refractivity contribution in [1.29, 1.82) is 0 Å². The van der Waals surface area contributed by atoms with Gasteiger partial charge >= 0.3 is 0 Å². The number of benzene rings is 2. The zero-order chi connectivity index (χ0) is 21.3. The van der Waals surface area contributed by atoms with Gasteiger partial charge in [0.1, 0.15) is 5.76 Å². The molecule has 1 amide bonds. The molecule has 154 valence electrons. The highest BCUT2D eigenvalue weighted by Crippen LogP contribution is 2.34. The van der Waals surface area contributed by atoms with Crippen LogP contribution in [0.4, 0.5) is 10.8 Å². The van der Waals surface area contributed by atoms with E-state index in [2.05, 4.69) is 31.1 Å². The van der Waals surface area contributed by atoms with E-state index in [0.29, 0.717) is 23.9 Å². The number of fused-ring (bicyclic) bond motifs is 1. The summed E-state index contributed by atoms with van der Waals surface area (Å²) >= 11 is 1.53. The van der Waals surface area contributed by atoms with Crippen LogP contribution in [0.15, 0.2) is 53.1 Å². The average molecular weight is 420 g/mol. The SMILES string of the molecule is Cc1noc(C)c1CCC(=O)N(c1ccc(C(C)C)cc1)c1nc2ccccc2s1. The second kappa shape index (κ2) is 8.40. The number of nitrogens with zero attached hydrogens (tertiary/aromatic N) is 3. The lowest BCUT2D eigenvalue weighted by Crippen LogP contribution is -2.26. The molecule has 0 aliphatic rings. The lowest BCUT2D eigenvalue weighted by atomic mass is 10.0. The van der Waals surface area contributed by atoms with E-state index in [1.165, 1.54) is 16.9 Å². The first-order chi connectivity index (χ1) is 14.4. The Morgan fingerprint density at radius 2 is 1.83 bits per heavy atom. The third-order valence-corrected chi connectivity index (χ3v) is 6.33. The fourth-order valence-electron chi connectivity index (χ4n) is 3.53. The normalized spacial score (nSPS) is 11.4. The summed E-state index contributed by atoms with van der Waals surface area (Å²) in [5.74, 6) is 1.21. The lowest BCUT2D eigenvalue weighted by Gasteiger charge is -2.21. The third kappa shape index (κ3) is 4.00. The Morgan fingerprint density at radius 1 is 1.10 bits per heavy atom. The van der Waals surface area contributed by atoms with Gasteiger partial charge in [0.15, 0.2) is 5.13 Å². The highest BCUT2D eigenvalue weighted by Gasteiger charge is 2.23. The van der Waals surface area contributed by atoms with Crippen LogP contribution >= 0.6 is 11.3 Å². The summed E-state index contributed by atoms with van der Waals surface area (Å²) in [6, 6.07) is 16.2. The number of thiazole rings is 1. The molecule has 0 saturated carbocycles. The van der Waals surface area contributed by atoms with E-state index in [9.17, 15) is 4.79 Å². The van der Waals surface area contributed by atoms with Crippen molar-refractivity contribution in [2.24, 2.45) is 0 Å². The monoisotopic (exact) mass is 419 g/mol. The van der Waals surface area contributed by atoms with Crippen molar-refractivity contribution in [2.45, 2.75) is 46.5 Å². The van der Waals surface area contributed by atoms with Crippen LogP contribution in [0.5, 0.6) is 0 Å². The van der Waals surface area contributed by atoms with E-state index in [1.807, 2.05) is 50.2 Å². The van der Waals surface area contributed by atoms with Gasteiger partial charge in [-0.2, -0.15) is 0 Å². The maximum atomic E-state index is 13.4. The van der Waals surface area contributed by atoms with Crippen LogP contribution in [0.1, 0.15) is 48.8 Å². The Hall–Kier alpha value is -2.99. The third-order valence-electron chi connectivity index (χ3n) is 5.31. The zero-order valence-electron chi connectivity index (χ0n) is 17.7. The Bertz CT molecular complexity index is 1120. The van der Waals surface area contributed by atoms with E-state index < -0.39 is 0 Å². The van der Waals surface area contributed by atoms with Gasteiger partial charge in [-0.15, -0.1) is 0 Å². The Morgan fingerprint density at radius 3 is 2.47 bits per heavy atom. The molecule has 2 heterocycles. The number of aromatic nitrogens is 2. The lowest BCUT2D eigenvalue weighted by molar-refractivity contribution is -0.117. The second-order valence-corrected chi connectivity index (χ2v) is 8.75. The predicted octanol–water partition coefficient (Wildman–Crippen LogP) is 6.32. The minimum absolute atomic E-state index is 0.00588. The number of hydrogen-bond donors (Lipinski definition) is 0. The molecule has 2 aromatic carbocycles. The predicted molar refractivity (Wildman–Crippen MR) is 122 cm³/mol. The van der Waals surface area contributed by atoms with Crippen LogP contribution in [0.25, 0.3) is 10.2 Å². The first kappa shape index (κ1) is 20.3. The van der Waals surface area contributed by atoms with E-state index in [4.69, 9.17) is 9.51 Å². The molecule has 5 nitrogen and oxygen atoms in total. The standard InChI is InChI=1S/C24H25N3O2S/c1-15(2)18-9-11-19(12-10-18)27(24-25-21-7-5-6-8-22(21)30-24)23(28)14-13-20-16(3)26-29-17(20)4/h5-12,15H,13-14H2,1-4H3. The van der Waals surface area contributed by atoms with Crippen molar-refractivity contribution in [3.05, 3.63) is 71.1 Å². The maximum absolute atomic E-state index is 13.4. The van der Waals surface area contributed by atoms with Gasteiger partial charge in [0.05, 0.1) is 21.6 Å². The number of carbonyl (C=O) groups excluding carboxylic acids is 1. The van der Waals surface area contributed by atoms with Crippen LogP contribution in [0.3, 0.4) is 0 Å². The van der Waals surface area contributed by atoms with Crippen LogP contribution < -0.4 is 4.90 Å². The summed E-state index contributed by atoms with van der Waals surface area (Å²) in [6.07, 6.45) is 0.941. The molecule has 2 aromatic heterocycles. The fraction of sp³-hybridized carbons (Fsp3) is 0.292. The molecule has 0 bridgehead atoms. The van der Waals surface area contributed by atoms with E-state index in [0.717, 1.165) is 32.9 Å². The number of carbonyl (C=O) groups is 1. The molecule has 0 aliphatic heterocycles. The number of amides is 1. The first-order valence-electron chi connectivity index (χ1n) is 10.1. The van der Waals surface area contributed by atoms with Crippen LogP contribution in [-0.4, -0.2) is 16.0 Å². The maximum Gasteiger partial charge on any atom is 0.233 e. The molecule has 6 heteroatoms. The summed E-state index contributed by atoms with van der Waals surface area (Å²) in [5, 5.41) is 4.69. The highest BCUT2D eigenvalue weighted by molar-refractivity contribution is 7.22. The summed E-state index contributed by atoms with van der Waals surface area (Å²) in [6.45, 7) is 8.12. The molecule has 0 saturated heterocycles. The van der Waals surface area contributed by atoms with Gasteiger partial charge in [-0.05, 0) is 56.0 Å². The van der Waals surface area contributed by atoms with Gasteiger partial charge in [-0.25, -0.2) is 4.98 Å². The molecule has 4 aromatic rings. The van der Waals surface area contributed by atoms with Crippen LogP contribution in [0.2, 0.25) is 0 Å². The summed E-state index contributed by atoms with van der Waals surface area (Å²) in [5.41, 5.74) is 4.82. The van der Waals surface area contributed by atoms with Gasteiger partial charge in [0.2, 0.25) is 5.91 Å². The van der Waals surface area contributed by atoms with Crippen molar-refractivity contribution < 1.29 is 9.32 Å². The summed E-state index contributed by atoms with van der Waals surface area (Å²) in [7, 11) is 0. The zero-order valence-corrected chi connectivity index (χ0v) is 18.5. The number of hydrogen-bond acceptors (Lipinski definition) is 5. The van der Waals surface area contributed by atoms with Gasteiger partial charge in [0, 0.05) is 12.0 Å². The van der Waals surface area contributed by atoms with E-state index in [1.54, 1.807) is 4.90 Å². The largest absolute Gasteiger partial charge is 0.361 e. The summed E-state index contributed by atoms with van der Waals surface area (Å²) < 4.78 is 6.31. The van der Waals surface area contributed by atoms with Crippen LogP contribution in [-0.2, 0) is 11.2 Å². The molecule has 0 radical (unpaired) electrons. The molecule has 0 fully saturated rings. The Kier molecular flexibility index (Phi) is 5.68. The van der Waals surface area contributed by atoms with Gasteiger partial charge in [-0.3, -0.25) is 9.69 Å². The van der Waals surface area contributed by atoms with Crippen LogP contribution in [0, 0.1) is 13.8 Å². The molecule has 0 spiro atoms. The minimum Gasteiger partial charge on any atom is -0.361 e. The summed E-state index contributed by atoms with van der Waals surface area (Å²) in [4.78, 5) is 19.9. The van der Waals surface area contributed by atoms with Crippen molar-refractivity contribution in [2.75, 3.05) is 4.90 Å². The fourth-order valence-corrected chi connectivity index (χ4v) is 4.53. The molecule has 0 atom stereocenters. The highest BCUT2D eigenvalue weighted by atomic mass is 32.1. The number of para-hydroxylation sites is 1. The van der Waals surface area contributed by atoms with E-state index in [-0.39, 0.29) is 5.91 Å². The van der Waals surface area contributed by atoms with Crippen molar-refractivity contribution in [3.8, 4) is 0 Å². The van der Waals surface area contributed by atoms with Crippen molar-refractivity contribution in [3.63, 3.8) is 0 Å². The second-order valence-electron chi connectivity index (χ2n) is 7.74. The molecule has 0 N–H and O–H groups in total. The number of rotatable bonds is 6. The Balaban J connectivity index is 1.68. The number of aryl methyl sites for hydroxylation is 2. The average Bonchev–Trinajstić information content (AvgIpc) is 3.30. The quantitative estimate of drug-likeness (QED) is 0.367. The number of anilines is 2. The first-order valence-corrected chi connectivity index (χ1v) is 11.0. The molecule has 4 rings (SSSR count). The molecule has 0 unspecified atom stereocenters. The molecular formula is C24H25N3O2S. The molecule has 30 heavy (non-hydrogen) atoms. The smallest absolute Gasteiger partial charge is 0.233 e. The molecular weight excluding hydrogens is 394 g/mol. The topological polar surface area (TPSA) is 59.2 Å².